The summed E-state index contributed by atoms with van der Waals surface area (Å²) in [7, 11) is 1.85. The van der Waals surface area contributed by atoms with Crippen LogP contribution < -0.4 is 0 Å². The number of rotatable bonds is 6. The average molecular weight is 331 g/mol. The van der Waals surface area contributed by atoms with E-state index in [0.29, 0.717) is 19.5 Å². The Morgan fingerprint density at radius 3 is 2.91 bits per heavy atom. The minimum atomic E-state index is 0.127. The van der Waals surface area contributed by atoms with Crippen molar-refractivity contribution in [3.05, 3.63) is 34.3 Å². The van der Waals surface area contributed by atoms with E-state index in [1.54, 1.807) is 16.2 Å². The van der Waals surface area contributed by atoms with E-state index in [9.17, 15) is 4.79 Å². The number of amides is 1. The predicted molar refractivity (Wildman–Crippen MR) is 91.3 cm³/mol. The third-order valence-corrected chi connectivity index (χ3v) is 4.81. The summed E-state index contributed by atoms with van der Waals surface area (Å²) in [5.41, 5.74) is 3.02. The first-order chi connectivity index (χ1) is 11.1. The summed E-state index contributed by atoms with van der Waals surface area (Å²) in [6, 6.07) is 4.06. The number of carbonyl (C=O) groups is 1. The van der Waals surface area contributed by atoms with Crippen molar-refractivity contribution in [3.63, 3.8) is 0 Å². The van der Waals surface area contributed by atoms with E-state index >= 15 is 0 Å². The second kappa shape index (κ2) is 6.54. The molecule has 0 spiro atoms. The maximum absolute atomic E-state index is 12.3. The molecule has 0 radical (unpaired) electrons. The zero-order valence-corrected chi connectivity index (χ0v) is 14.5. The molecule has 0 saturated carbocycles. The number of hydrogen-bond acceptors (Lipinski definition) is 4. The lowest BCUT2D eigenvalue weighted by Gasteiger charge is -2.16. The molecular formula is C16H21N5OS. The van der Waals surface area contributed by atoms with Gasteiger partial charge in [0.15, 0.2) is 0 Å². The second-order valence-corrected chi connectivity index (χ2v) is 6.61. The van der Waals surface area contributed by atoms with Gasteiger partial charge in [0, 0.05) is 24.9 Å². The molecule has 23 heavy (non-hydrogen) atoms. The molecule has 0 aliphatic rings. The number of thiophene rings is 1. The van der Waals surface area contributed by atoms with Gasteiger partial charge in [-0.05, 0) is 25.3 Å². The number of aromatic nitrogens is 4. The zero-order valence-electron chi connectivity index (χ0n) is 13.7. The molecule has 0 N–H and O–H groups in total. The molecule has 3 aromatic rings. The minimum Gasteiger partial charge on any atom is -0.341 e. The molecule has 1 amide bonds. The van der Waals surface area contributed by atoms with E-state index < -0.39 is 0 Å². The summed E-state index contributed by atoms with van der Waals surface area (Å²) in [4.78, 5) is 15.3. The lowest BCUT2D eigenvalue weighted by molar-refractivity contribution is -0.130. The monoisotopic (exact) mass is 331 g/mol. The summed E-state index contributed by atoms with van der Waals surface area (Å²) in [6.45, 7) is 6.10. The van der Waals surface area contributed by atoms with Crippen molar-refractivity contribution in [2.75, 3.05) is 7.05 Å². The van der Waals surface area contributed by atoms with Crippen molar-refractivity contribution in [1.29, 1.82) is 0 Å². The summed E-state index contributed by atoms with van der Waals surface area (Å²) < 4.78 is 3.83. The lowest BCUT2D eigenvalue weighted by Crippen LogP contribution is -2.26. The maximum atomic E-state index is 12.3. The van der Waals surface area contributed by atoms with Crippen molar-refractivity contribution >= 4 is 28.3 Å². The van der Waals surface area contributed by atoms with Gasteiger partial charge in [-0.15, -0.1) is 11.3 Å². The predicted octanol–water partition coefficient (Wildman–Crippen LogP) is 2.67. The van der Waals surface area contributed by atoms with Gasteiger partial charge < -0.3 is 4.90 Å². The number of fused-ring (bicyclic) bond motifs is 1. The second-order valence-electron chi connectivity index (χ2n) is 5.58. The fraction of sp³-hybridized carbons (Fsp3) is 0.438. The standard InChI is InChI=1S/C16H21N5OS/c1-4-20-14-10-17-21(16(14)12(2)18-20)8-7-15(22)19(3)11-13-6-5-9-23-13/h5-6,9-10H,4,7-8,11H2,1-3H3. The number of hydrogen-bond donors (Lipinski definition) is 0. The highest BCUT2D eigenvalue weighted by Gasteiger charge is 2.15. The molecule has 0 aliphatic heterocycles. The highest BCUT2D eigenvalue weighted by Crippen LogP contribution is 2.18. The van der Waals surface area contributed by atoms with Crippen molar-refractivity contribution in [3.8, 4) is 0 Å². The molecule has 0 aliphatic carbocycles. The lowest BCUT2D eigenvalue weighted by atomic mass is 10.3. The van der Waals surface area contributed by atoms with E-state index in [2.05, 4.69) is 17.1 Å². The molecule has 6 nitrogen and oxygen atoms in total. The number of carbonyl (C=O) groups excluding carboxylic acids is 1. The van der Waals surface area contributed by atoms with Crippen LogP contribution in [0, 0.1) is 6.92 Å². The van der Waals surface area contributed by atoms with Gasteiger partial charge in [-0.2, -0.15) is 10.2 Å². The third kappa shape index (κ3) is 3.14. The maximum Gasteiger partial charge on any atom is 0.224 e. The van der Waals surface area contributed by atoms with E-state index in [-0.39, 0.29) is 5.91 Å². The van der Waals surface area contributed by atoms with E-state index in [0.717, 1.165) is 23.3 Å². The Balaban J connectivity index is 1.66. The van der Waals surface area contributed by atoms with Gasteiger partial charge in [-0.1, -0.05) is 6.07 Å². The highest BCUT2D eigenvalue weighted by molar-refractivity contribution is 7.09. The normalized spacial score (nSPS) is 11.3. The highest BCUT2D eigenvalue weighted by atomic mass is 32.1. The van der Waals surface area contributed by atoms with Crippen LogP contribution in [0.1, 0.15) is 23.9 Å². The Morgan fingerprint density at radius 2 is 2.22 bits per heavy atom. The fourth-order valence-electron chi connectivity index (χ4n) is 2.75. The molecule has 0 atom stereocenters. The van der Waals surface area contributed by atoms with Crippen molar-refractivity contribution in [1.82, 2.24) is 24.5 Å². The van der Waals surface area contributed by atoms with Crippen LogP contribution in [0.15, 0.2) is 23.7 Å². The van der Waals surface area contributed by atoms with Crippen LogP contribution in [0.2, 0.25) is 0 Å². The summed E-state index contributed by atoms with van der Waals surface area (Å²) in [5.74, 6) is 0.127. The van der Waals surface area contributed by atoms with Gasteiger partial charge in [0.2, 0.25) is 5.91 Å². The molecule has 3 heterocycles. The average Bonchev–Trinajstić information content (AvgIpc) is 3.24. The largest absolute Gasteiger partial charge is 0.341 e. The van der Waals surface area contributed by atoms with Crippen LogP contribution in [0.5, 0.6) is 0 Å². The van der Waals surface area contributed by atoms with Crippen LogP contribution in [0.25, 0.3) is 11.0 Å². The summed E-state index contributed by atoms with van der Waals surface area (Å²) in [6.07, 6.45) is 2.27. The van der Waals surface area contributed by atoms with Crippen LogP contribution in [0.3, 0.4) is 0 Å². The Morgan fingerprint density at radius 1 is 1.39 bits per heavy atom. The number of nitrogens with zero attached hydrogens (tertiary/aromatic N) is 5. The molecule has 0 fully saturated rings. The molecular weight excluding hydrogens is 310 g/mol. The SMILES string of the molecule is CCn1nc(C)c2c1cnn2CCC(=O)N(C)Cc1cccs1. The molecule has 122 valence electrons. The Kier molecular flexibility index (Phi) is 4.47. The fourth-order valence-corrected chi connectivity index (χ4v) is 3.50. The molecule has 7 heteroatoms. The third-order valence-electron chi connectivity index (χ3n) is 3.95. The van der Waals surface area contributed by atoms with Gasteiger partial charge >= 0.3 is 0 Å². The van der Waals surface area contributed by atoms with Crippen LogP contribution in [0.4, 0.5) is 0 Å². The first kappa shape index (κ1) is 15.7. The molecule has 0 aromatic carbocycles. The van der Waals surface area contributed by atoms with E-state index in [4.69, 9.17) is 0 Å². The van der Waals surface area contributed by atoms with Gasteiger partial charge in [0.25, 0.3) is 0 Å². The first-order valence-corrected chi connectivity index (χ1v) is 8.63. The Labute approximate surface area is 139 Å². The molecule has 3 rings (SSSR count). The van der Waals surface area contributed by atoms with E-state index in [1.165, 1.54) is 4.88 Å². The Hall–Kier alpha value is -2.15. The van der Waals surface area contributed by atoms with Gasteiger partial charge in [0.1, 0.15) is 11.0 Å². The van der Waals surface area contributed by atoms with Gasteiger partial charge in [0.05, 0.1) is 25.0 Å². The first-order valence-electron chi connectivity index (χ1n) is 7.75. The number of aryl methyl sites for hydroxylation is 3. The zero-order chi connectivity index (χ0) is 16.4. The molecule has 3 aromatic heterocycles. The van der Waals surface area contributed by atoms with Crippen LogP contribution in [-0.2, 0) is 24.4 Å². The van der Waals surface area contributed by atoms with Gasteiger partial charge in [-0.25, -0.2) is 0 Å². The molecule has 0 unspecified atom stereocenters. The quantitative estimate of drug-likeness (QED) is 0.698. The molecule has 0 bridgehead atoms. The molecule has 0 saturated heterocycles. The minimum absolute atomic E-state index is 0.127. The van der Waals surface area contributed by atoms with Crippen molar-refractivity contribution in [2.45, 2.75) is 39.9 Å². The smallest absolute Gasteiger partial charge is 0.224 e. The van der Waals surface area contributed by atoms with Crippen molar-refractivity contribution < 1.29 is 4.79 Å². The van der Waals surface area contributed by atoms with Crippen LogP contribution >= 0.6 is 11.3 Å². The van der Waals surface area contributed by atoms with Crippen molar-refractivity contribution in [2.24, 2.45) is 0 Å². The topological polar surface area (TPSA) is 56.0 Å². The Bertz CT molecular complexity index is 802. The van der Waals surface area contributed by atoms with E-state index in [1.807, 2.05) is 47.0 Å². The summed E-state index contributed by atoms with van der Waals surface area (Å²) in [5, 5.41) is 11.0. The van der Waals surface area contributed by atoms with Gasteiger partial charge in [-0.3, -0.25) is 14.2 Å². The van der Waals surface area contributed by atoms with Crippen LogP contribution in [-0.4, -0.2) is 37.4 Å². The summed E-state index contributed by atoms with van der Waals surface area (Å²) >= 11 is 1.67.